The molecule has 2 amide bonds. The predicted molar refractivity (Wildman–Crippen MR) is 74.4 cm³/mol. The van der Waals surface area contributed by atoms with Crippen LogP contribution in [0.15, 0.2) is 23.1 Å². The third kappa shape index (κ3) is 3.94. The van der Waals surface area contributed by atoms with Crippen molar-refractivity contribution in [3.8, 4) is 0 Å². The summed E-state index contributed by atoms with van der Waals surface area (Å²) in [6.07, 6.45) is 5.06. The molecule has 2 rings (SSSR count). The van der Waals surface area contributed by atoms with Crippen molar-refractivity contribution in [3.05, 3.63) is 34.2 Å². The molecule has 2 heterocycles. The summed E-state index contributed by atoms with van der Waals surface area (Å²) >= 11 is 0. The van der Waals surface area contributed by atoms with Gasteiger partial charge in [0, 0.05) is 38.3 Å². The zero-order valence-electron chi connectivity index (χ0n) is 11.4. The highest BCUT2D eigenvalue weighted by molar-refractivity contribution is 5.93. The van der Waals surface area contributed by atoms with E-state index in [1.54, 1.807) is 4.90 Å². The molecule has 1 saturated heterocycles. The molecule has 0 spiro atoms. The fraction of sp³-hybridized carbons (Fsp3) is 0.500. The van der Waals surface area contributed by atoms with Crippen molar-refractivity contribution in [3.63, 3.8) is 0 Å². The molecule has 20 heavy (non-hydrogen) atoms. The van der Waals surface area contributed by atoms with Crippen LogP contribution in [0.4, 0.5) is 0 Å². The van der Waals surface area contributed by atoms with E-state index in [0.29, 0.717) is 25.1 Å². The Morgan fingerprint density at radius 1 is 1.25 bits per heavy atom. The van der Waals surface area contributed by atoms with Crippen molar-refractivity contribution in [2.75, 3.05) is 19.6 Å². The van der Waals surface area contributed by atoms with Crippen LogP contribution >= 0.6 is 0 Å². The van der Waals surface area contributed by atoms with Gasteiger partial charge in [0.2, 0.25) is 11.5 Å². The number of nitrogens with zero attached hydrogens (tertiary/aromatic N) is 1. The van der Waals surface area contributed by atoms with Gasteiger partial charge < -0.3 is 15.2 Å². The Bertz CT molecular complexity index is 518. The van der Waals surface area contributed by atoms with Crippen LogP contribution in [0.2, 0.25) is 0 Å². The van der Waals surface area contributed by atoms with Crippen LogP contribution in [0.5, 0.6) is 0 Å². The standard InChI is InChI=1S/C14H19N3O3/c18-12-6-5-11(10-16-12)14(20)15-7-9-17-8-3-1-2-4-13(17)19/h5-6,10H,1-4,7-9H2,(H,15,20)(H,16,18). The molecule has 0 bridgehead atoms. The first-order chi connectivity index (χ1) is 9.66. The number of aromatic nitrogens is 1. The van der Waals surface area contributed by atoms with Crippen molar-refractivity contribution >= 4 is 11.8 Å². The van der Waals surface area contributed by atoms with Crippen LogP contribution in [0.3, 0.4) is 0 Å². The molecule has 1 aliphatic rings. The SMILES string of the molecule is O=C(NCCN1CCCCCC1=O)c1ccc(=O)[nH]c1. The summed E-state index contributed by atoms with van der Waals surface area (Å²) in [7, 11) is 0. The topological polar surface area (TPSA) is 82.3 Å². The minimum absolute atomic E-state index is 0.167. The lowest BCUT2D eigenvalue weighted by atomic mass is 10.2. The number of aromatic amines is 1. The van der Waals surface area contributed by atoms with Crippen molar-refractivity contribution < 1.29 is 9.59 Å². The second-order valence-corrected chi connectivity index (χ2v) is 4.89. The highest BCUT2D eigenvalue weighted by Crippen LogP contribution is 2.10. The lowest BCUT2D eigenvalue weighted by molar-refractivity contribution is -0.130. The summed E-state index contributed by atoms with van der Waals surface area (Å²) < 4.78 is 0. The van der Waals surface area contributed by atoms with Crippen LogP contribution < -0.4 is 10.9 Å². The second-order valence-electron chi connectivity index (χ2n) is 4.89. The molecule has 6 nitrogen and oxygen atoms in total. The Hall–Kier alpha value is -2.11. The molecule has 1 aromatic rings. The van der Waals surface area contributed by atoms with Gasteiger partial charge in [0.05, 0.1) is 5.56 Å². The molecule has 0 saturated carbocycles. The van der Waals surface area contributed by atoms with Gasteiger partial charge in [-0.2, -0.15) is 0 Å². The van der Waals surface area contributed by atoms with Crippen LogP contribution in [0.1, 0.15) is 36.0 Å². The van der Waals surface area contributed by atoms with Gasteiger partial charge in [-0.1, -0.05) is 6.42 Å². The van der Waals surface area contributed by atoms with E-state index in [1.807, 2.05) is 0 Å². The minimum atomic E-state index is -0.247. The molecule has 1 aromatic heterocycles. The number of nitrogens with one attached hydrogen (secondary N) is 2. The number of carbonyl (C=O) groups excluding carboxylic acids is 2. The Labute approximate surface area is 117 Å². The Morgan fingerprint density at radius 2 is 2.10 bits per heavy atom. The molecule has 2 N–H and O–H groups in total. The number of H-pyrrole nitrogens is 1. The van der Waals surface area contributed by atoms with Crippen LogP contribution in [0, 0.1) is 0 Å². The van der Waals surface area contributed by atoms with E-state index in [2.05, 4.69) is 10.3 Å². The average molecular weight is 277 g/mol. The summed E-state index contributed by atoms with van der Waals surface area (Å²) in [6, 6.07) is 2.79. The number of rotatable bonds is 4. The zero-order chi connectivity index (χ0) is 14.4. The average Bonchev–Trinajstić information content (AvgIpc) is 2.65. The number of likely N-dealkylation sites (tertiary alicyclic amines) is 1. The van der Waals surface area contributed by atoms with Crippen molar-refractivity contribution in [2.24, 2.45) is 0 Å². The Morgan fingerprint density at radius 3 is 2.85 bits per heavy atom. The van der Waals surface area contributed by atoms with Gasteiger partial charge in [0.25, 0.3) is 5.91 Å². The Kier molecular flexibility index (Phi) is 4.92. The van der Waals surface area contributed by atoms with E-state index in [-0.39, 0.29) is 17.4 Å². The number of hydrogen-bond donors (Lipinski definition) is 2. The summed E-state index contributed by atoms with van der Waals surface area (Å²) in [6.45, 7) is 1.73. The highest BCUT2D eigenvalue weighted by Gasteiger charge is 2.16. The lowest BCUT2D eigenvalue weighted by Crippen LogP contribution is -2.38. The summed E-state index contributed by atoms with van der Waals surface area (Å²) in [5.74, 6) is -0.0793. The molecule has 0 atom stereocenters. The number of pyridine rings is 1. The van der Waals surface area contributed by atoms with Gasteiger partial charge >= 0.3 is 0 Å². The van der Waals surface area contributed by atoms with Gasteiger partial charge in [0.1, 0.15) is 0 Å². The molecule has 0 radical (unpaired) electrons. The van der Waals surface area contributed by atoms with Crippen LogP contribution in [0.25, 0.3) is 0 Å². The van der Waals surface area contributed by atoms with Crippen molar-refractivity contribution in [1.82, 2.24) is 15.2 Å². The van der Waals surface area contributed by atoms with E-state index in [0.717, 1.165) is 25.8 Å². The van der Waals surface area contributed by atoms with E-state index in [4.69, 9.17) is 0 Å². The van der Waals surface area contributed by atoms with Gasteiger partial charge in [-0.3, -0.25) is 14.4 Å². The maximum Gasteiger partial charge on any atom is 0.252 e. The van der Waals surface area contributed by atoms with Crippen molar-refractivity contribution in [1.29, 1.82) is 0 Å². The molecule has 1 aliphatic heterocycles. The number of amides is 2. The zero-order valence-corrected chi connectivity index (χ0v) is 11.4. The van der Waals surface area contributed by atoms with Gasteiger partial charge in [-0.15, -0.1) is 0 Å². The largest absolute Gasteiger partial charge is 0.350 e. The molecule has 0 unspecified atom stereocenters. The number of hydrogen-bond acceptors (Lipinski definition) is 3. The molecular weight excluding hydrogens is 258 g/mol. The lowest BCUT2D eigenvalue weighted by Gasteiger charge is -2.20. The fourth-order valence-electron chi connectivity index (χ4n) is 2.23. The van der Waals surface area contributed by atoms with Crippen molar-refractivity contribution in [2.45, 2.75) is 25.7 Å². The first kappa shape index (κ1) is 14.3. The molecule has 6 heteroatoms. The third-order valence-electron chi connectivity index (χ3n) is 3.39. The van der Waals surface area contributed by atoms with E-state index < -0.39 is 0 Å². The molecular formula is C14H19N3O3. The quantitative estimate of drug-likeness (QED) is 0.841. The van der Waals surface area contributed by atoms with Crippen LogP contribution in [-0.4, -0.2) is 41.3 Å². The Balaban J connectivity index is 1.80. The van der Waals surface area contributed by atoms with Gasteiger partial charge in [0.15, 0.2) is 0 Å². The van der Waals surface area contributed by atoms with E-state index in [1.165, 1.54) is 18.3 Å². The summed E-state index contributed by atoms with van der Waals surface area (Å²) in [5.41, 5.74) is 0.170. The first-order valence-electron chi connectivity index (χ1n) is 6.91. The highest BCUT2D eigenvalue weighted by atomic mass is 16.2. The predicted octanol–water partition coefficient (Wildman–Crippen LogP) is 0.507. The second kappa shape index (κ2) is 6.88. The fourth-order valence-corrected chi connectivity index (χ4v) is 2.23. The summed E-state index contributed by atoms with van der Waals surface area (Å²) in [4.78, 5) is 38.7. The van der Waals surface area contributed by atoms with E-state index >= 15 is 0 Å². The third-order valence-corrected chi connectivity index (χ3v) is 3.39. The minimum Gasteiger partial charge on any atom is -0.350 e. The molecule has 0 aliphatic carbocycles. The summed E-state index contributed by atoms with van der Waals surface area (Å²) in [5, 5.41) is 2.75. The maximum absolute atomic E-state index is 11.8. The normalized spacial score (nSPS) is 15.8. The molecule has 0 aromatic carbocycles. The monoisotopic (exact) mass is 277 g/mol. The maximum atomic E-state index is 11.8. The first-order valence-corrected chi connectivity index (χ1v) is 6.91. The molecule has 108 valence electrons. The van der Waals surface area contributed by atoms with E-state index in [9.17, 15) is 14.4 Å². The number of carbonyl (C=O) groups is 2. The van der Waals surface area contributed by atoms with Crippen LogP contribution in [-0.2, 0) is 4.79 Å². The molecule has 1 fully saturated rings. The smallest absolute Gasteiger partial charge is 0.252 e. The van der Waals surface area contributed by atoms with Gasteiger partial charge in [-0.25, -0.2) is 0 Å². The van der Waals surface area contributed by atoms with Gasteiger partial charge in [-0.05, 0) is 18.9 Å².